The summed E-state index contributed by atoms with van der Waals surface area (Å²) in [5, 5.41) is 0. The molecule has 2 rings (SSSR count). The van der Waals surface area contributed by atoms with Crippen LogP contribution in [0.5, 0.6) is 0 Å². The van der Waals surface area contributed by atoms with Crippen LogP contribution in [0, 0.1) is 0 Å². The molecule has 0 saturated carbocycles. The zero-order valence-corrected chi connectivity index (χ0v) is 6.93. The van der Waals surface area contributed by atoms with E-state index in [4.69, 9.17) is 0 Å². The summed E-state index contributed by atoms with van der Waals surface area (Å²) >= 11 is 3.43. The van der Waals surface area contributed by atoms with E-state index in [1.807, 2.05) is 12.4 Å². The Kier molecular flexibility index (Phi) is 1.34. The monoisotopic (exact) mass is 195 g/mol. The van der Waals surface area contributed by atoms with Crippen LogP contribution in [0.25, 0.3) is 6.08 Å². The fourth-order valence-corrected chi connectivity index (χ4v) is 1.64. The summed E-state index contributed by atoms with van der Waals surface area (Å²) in [6.07, 6.45) is 9.05. The number of rotatable bonds is 0. The number of halogens is 1. The molecular formula is C8H6BrN. The highest BCUT2D eigenvalue weighted by Gasteiger charge is 2.06. The number of hydrogen-bond acceptors (Lipinski definition) is 1. The molecule has 1 aromatic heterocycles. The maximum Gasteiger partial charge on any atom is 0.0433 e. The average Bonchev–Trinajstić information content (AvgIpc) is 2.36. The van der Waals surface area contributed by atoms with Crippen molar-refractivity contribution in [1.29, 1.82) is 0 Å². The van der Waals surface area contributed by atoms with Gasteiger partial charge in [-0.2, -0.15) is 0 Å². The fourth-order valence-electron chi connectivity index (χ4n) is 1.14. The second kappa shape index (κ2) is 2.20. The molecule has 0 aromatic carbocycles. The van der Waals surface area contributed by atoms with Crippen molar-refractivity contribution >= 4 is 22.0 Å². The Bertz CT molecular complexity index is 291. The predicted octanol–water partition coefficient (Wildman–Crippen LogP) is 2.41. The summed E-state index contributed by atoms with van der Waals surface area (Å²) in [5.74, 6) is 0. The van der Waals surface area contributed by atoms with E-state index < -0.39 is 0 Å². The largest absolute Gasteiger partial charge is 0.263 e. The van der Waals surface area contributed by atoms with Gasteiger partial charge >= 0.3 is 0 Å². The maximum absolute atomic E-state index is 4.07. The molecule has 2 heteroatoms. The Morgan fingerprint density at radius 1 is 1.40 bits per heavy atom. The van der Waals surface area contributed by atoms with Crippen molar-refractivity contribution in [2.45, 2.75) is 6.42 Å². The van der Waals surface area contributed by atoms with Crippen LogP contribution in [0.15, 0.2) is 22.9 Å². The maximum atomic E-state index is 4.07. The van der Waals surface area contributed by atoms with E-state index in [9.17, 15) is 0 Å². The molecule has 1 heterocycles. The molecule has 0 amide bonds. The molecule has 1 aliphatic rings. The molecule has 0 aliphatic heterocycles. The summed E-state index contributed by atoms with van der Waals surface area (Å²) < 4.78 is 1.10. The van der Waals surface area contributed by atoms with Crippen molar-refractivity contribution in [2.24, 2.45) is 0 Å². The minimum atomic E-state index is 1.03. The molecule has 0 radical (unpaired) electrons. The highest BCUT2D eigenvalue weighted by atomic mass is 79.9. The highest BCUT2D eigenvalue weighted by molar-refractivity contribution is 9.10. The van der Waals surface area contributed by atoms with E-state index in [0.717, 1.165) is 10.9 Å². The molecule has 0 spiro atoms. The van der Waals surface area contributed by atoms with Gasteiger partial charge in [-0.25, -0.2) is 0 Å². The standard InChI is InChI=1S/C8H6BrN/c9-8-5-10-4-6-2-1-3-7(6)8/h1,3-5H,2H2. The van der Waals surface area contributed by atoms with Crippen LogP contribution in [0.2, 0.25) is 0 Å². The van der Waals surface area contributed by atoms with E-state index in [1.54, 1.807) is 0 Å². The quantitative estimate of drug-likeness (QED) is 0.620. The van der Waals surface area contributed by atoms with Crippen LogP contribution in [-0.2, 0) is 6.42 Å². The van der Waals surface area contributed by atoms with Gasteiger partial charge in [0.1, 0.15) is 0 Å². The molecule has 0 unspecified atom stereocenters. The third kappa shape index (κ3) is 0.797. The molecule has 1 aliphatic carbocycles. The van der Waals surface area contributed by atoms with Crippen molar-refractivity contribution in [3.05, 3.63) is 34.1 Å². The van der Waals surface area contributed by atoms with Gasteiger partial charge in [0.2, 0.25) is 0 Å². The first-order chi connectivity index (χ1) is 4.88. The van der Waals surface area contributed by atoms with Gasteiger partial charge in [-0.1, -0.05) is 12.2 Å². The van der Waals surface area contributed by atoms with Crippen LogP contribution >= 0.6 is 15.9 Å². The minimum absolute atomic E-state index is 1.03. The Balaban J connectivity index is 2.67. The van der Waals surface area contributed by atoms with E-state index in [1.165, 1.54) is 11.1 Å². The van der Waals surface area contributed by atoms with Gasteiger partial charge in [0.15, 0.2) is 0 Å². The lowest BCUT2D eigenvalue weighted by atomic mass is 10.2. The molecule has 0 N–H and O–H groups in total. The molecule has 10 heavy (non-hydrogen) atoms. The smallest absolute Gasteiger partial charge is 0.0433 e. The van der Waals surface area contributed by atoms with Gasteiger partial charge in [0.05, 0.1) is 0 Å². The average molecular weight is 196 g/mol. The number of pyridine rings is 1. The number of allylic oxidation sites excluding steroid dienone is 1. The molecule has 0 saturated heterocycles. The van der Waals surface area contributed by atoms with Gasteiger partial charge in [-0.05, 0) is 33.5 Å². The zero-order valence-electron chi connectivity index (χ0n) is 5.34. The Morgan fingerprint density at radius 3 is 3.10 bits per heavy atom. The second-order valence-corrected chi connectivity index (χ2v) is 3.15. The summed E-state index contributed by atoms with van der Waals surface area (Å²) in [5.41, 5.74) is 2.60. The number of aromatic nitrogens is 1. The zero-order chi connectivity index (χ0) is 6.97. The minimum Gasteiger partial charge on any atom is -0.263 e. The Morgan fingerprint density at radius 2 is 2.30 bits per heavy atom. The fraction of sp³-hybridized carbons (Fsp3) is 0.125. The predicted molar refractivity (Wildman–Crippen MR) is 44.7 cm³/mol. The highest BCUT2D eigenvalue weighted by Crippen LogP contribution is 2.25. The van der Waals surface area contributed by atoms with Gasteiger partial charge in [0.25, 0.3) is 0 Å². The molecule has 0 atom stereocenters. The van der Waals surface area contributed by atoms with E-state index in [0.29, 0.717) is 0 Å². The number of hydrogen-bond donors (Lipinski definition) is 0. The molecule has 1 aromatic rings. The van der Waals surface area contributed by atoms with Gasteiger partial charge < -0.3 is 0 Å². The first-order valence-electron chi connectivity index (χ1n) is 3.17. The van der Waals surface area contributed by atoms with Crippen LogP contribution in [0.3, 0.4) is 0 Å². The van der Waals surface area contributed by atoms with Gasteiger partial charge in [-0.15, -0.1) is 0 Å². The molecule has 50 valence electrons. The van der Waals surface area contributed by atoms with Crippen LogP contribution in [-0.4, -0.2) is 4.98 Å². The summed E-state index contributed by atoms with van der Waals surface area (Å²) in [6, 6.07) is 0. The van der Waals surface area contributed by atoms with Crippen molar-refractivity contribution < 1.29 is 0 Å². The summed E-state index contributed by atoms with van der Waals surface area (Å²) in [7, 11) is 0. The SMILES string of the molecule is Brc1cncc2c1C=CC2. The molecule has 1 nitrogen and oxygen atoms in total. The molecule has 0 fully saturated rings. The topological polar surface area (TPSA) is 12.9 Å². The van der Waals surface area contributed by atoms with Gasteiger partial charge in [0, 0.05) is 16.9 Å². The number of nitrogens with zero attached hydrogens (tertiary/aromatic N) is 1. The lowest BCUT2D eigenvalue weighted by Gasteiger charge is -1.97. The van der Waals surface area contributed by atoms with Crippen LogP contribution in [0.4, 0.5) is 0 Å². The van der Waals surface area contributed by atoms with Crippen LogP contribution < -0.4 is 0 Å². The van der Waals surface area contributed by atoms with E-state index >= 15 is 0 Å². The van der Waals surface area contributed by atoms with Crippen molar-refractivity contribution in [2.75, 3.05) is 0 Å². The summed E-state index contributed by atoms with van der Waals surface area (Å²) in [6.45, 7) is 0. The normalized spacial score (nSPS) is 13.7. The third-order valence-electron chi connectivity index (χ3n) is 1.64. The first-order valence-corrected chi connectivity index (χ1v) is 3.96. The Hall–Kier alpha value is -0.630. The van der Waals surface area contributed by atoms with E-state index in [-0.39, 0.29) is 0 Å². The molecular weight excluding hydrogens is 190 g/mol. The molecule has 0 bridgehead atoms. The Labute approximate surface area is 67.9 Å². The number of fused-ring (bicyclic) bond motifs is 1. The summed E-state index contributed by atoms with van der Waals surface area (Å²) in [4.78, 5) is 4.07. The van der Waals surface area contributed by atoms with Crippen molar-refractivity contribution in [3.63, 3.8) is 0 Å². The first kappa shape index (κ1) is 6.10. The van der Waals surface area contributed by atoms with Gasteiger partial charge in [-0.3, -0.25) is 4.98 Å². The second-order valence-electron chi connectivity index (χ2n) is 2.30. The van der Waals surface area contributed by atoms with E-state index in [2.05, 4.69) is 33.1 Å². The van der Waals surface area contributed by atoms with Crippen LogP contribution in [0.1, 0.15) is 11.1 Å². The third-order valence-corrected chi connectivity index (χ3v) is 2.28. The van der Waals surface area contributed by atoms with Crippen molar-refractivity contribution in [1.82, 2.24) is 4.98 Å². The van der Waals surface area contributed by atoms with Crippen molar-refractivity contribution in [3.8, 4) is 0 Å². The lowest BCUT2D eigenvalue weighted by molar-refractivity contribution is 1.20. The lowest BCUT2D eigenvalue weighted by Crippen LogP contribution is -1.83.